The zero-order valence-electron chi connectivity index (χ0n) is 10.1. The maximum atomic E-state index is 8.68. The molecule has 0 amide bonds. The van der Waals surface area contributed by atoms with Crippen LogP contribution in [0.1, 0.15) is 44.7 Å². The van der Waals surface area contributed by atoms with Gasteiger partial charge in [-0.2, -0.15) is 5.26 Å². The first-order valence-electron chi connectivity index (χ1n) is 5.95. The van der Waals surface area contributed by atoms with Crippen molar-refractivity contribution >= 4 is 0 Å². The number of hydrogen-bond donors (Lipinski definition) is 1. The first kappa shape index (κ1) is 12.7. The standard InChI is InChI=1S/C14H20N2/c1-3-12(2)16-14(10-7-11-15)13-8-5-4-6-9-13/h4-6,8-9,12,14,16H,3,7,10H2,1-2H3. The smallest absolute Gasteiger partial charge is 0.0622 e. The van der Waals surface area contributed by atoms with Gasteiger partial charge in [-0.25, -0.2) is 0 Å². The van der Waals surface area contributed by atoms with Crippen LogP contribution in [-0.4, -0.2) is 6.04 Å². The summed E-state index contributed by atoms with van der Waals surface area (Å²) < 4.78 is 0. The minimum atomic E-state index is 0.302. The normalized spacial score (nSPS) is 14.1. The molecular weight excluding hydrogens is 196 g/mol. The minimum Gasteiger partial charge on any atom is -0.307 e. The van der Waals surface area contributed by atoms with Crippen molar-refractivity contribution in [1.82, 2.24) is 5.32 Å². The van der Waals surface area contributed by atoms with Crippen LogP contribution in [0.2, 0.25) is 0 Å². The second kappa shape index (κ2) is 7.03. The Labute approximate surface area is 98.3 Å². The van der Waals surface area contributed by atoms with Crippen molar-refractivity contribution in [1.29, 1.82) is 5.26 Å². The lowest BCUT2D eigenvalue weighted by molar-refractivity contribution is 0.429. The van der Waals surface area contributed by atoms with E-state index in [0.717, 1.165) is 12.8 Å². The van der Waals surface area contributed by atoms with E-state index in [1.165, 1.54) is 5.56 Å². The van der Waals surface area contributed by atoms with Crippen molar-refractivity contribution in [3.63, 3.8) is 0 Å². The summed E-state index contributed by atoms with van der Waals surface area (Å²) in [7, 11) is 0. The molecule has 2 unspecified atom stereocenters. The van der Waals surface area contributed by atoms with Gasteiger partial charge in [0.2, 0.25) is 0 Å². The van der Waals surface area contributed by atoms with E-state index >= 15 is 0 Å². The Kier molecular flexibility index (Phi) is 5.60. The molecule has 0 saturated carbocycles. The van der Waals surface area contributed by atoms with E-state index in [2.05, 4.69) is 37.4 Å². The van der Waals surface area contributed by atoms with Crippen LogP contribution < -0.4 is 5.32 Å². The van der Waals surface area contributed by atoms with Crippen LogP contribution in [0.5, 0.6) is 0 Å². The van der Waals surface area contributed by atoms with E-state index in [4.69, 9.17) is 5.26 Å². The van der Waals surface area contributed by atoms with Crippen molar-refractivity contribution in [3.8, 4) is 6.07 Å². The summed E-state index contributed by atoms with van der Waals surface area (Å²) in [6.07, 6.45) is 2.59. The molecule has 86 valence electrons. The largest absolute Gasteiger partial charge is 0.307 e. The molecule has 1 aromatic rings. The van der Waals surface area contributed by atoms with Crippen molar-refractivity contribution in [2.45, 2.75) is 45.2 Å². The Morgan fingerprint density at radius 2 is 2.00 bits per heavy atom. The van der Waals surface area contributed by atoms with Gasteiger partial charge in [0.1, 0.15) is 0 Å². The molecule has 0 saturated heterocycles. The number of nitrogens with one attached hydrogen (secondary N) is 1. The van der Waals surface area contributed by atoms with E-state index in [0.29, 0.717) is 18.5 Å². The first-order valence-corrected chi connectivity index (χ1v) is 5.95. The lowest BCUT2D eigenvalue weighted by Gasteiger charge is -2.22. The molecule has 0 radical (unpaired) electrons. The summed E-state index contributed by atoms with van der Waals surface area (Å²) in [5, 5.41) is 12.2. The van der Waals surface area contributed by atoms with Gasteiger partial charge in [0.05, 0.1) is 6.07 Å². The summed E-state index contributed by atoms with van der Waals surface area (Å²) in [6.45, 7) is 4.35. The Morgan fingerprint density at radius 1 is 1.31 bits per heavy atom. The lowest BCUT2D eigenvalue weighted by Crippen LogP contribution is -2.29. The molecule has 0 heterocycles. The van der Waals surface area contributed by atoms with Crippen LogP contribution >= 0.6 is 0 Å². The fourth-order valence-electron chi connectivity index (χ4n) is 1.70. The molecule has 0 fully saturated rings. The van der Waals surface area contributed by atoms with E-state index in [-0.39, 0.29) is 0 Å². The molecule has 0 aliphatic rings. The monoisotopic (exact) mass is 216 g/mol. The predicted molar refractivity (Wildman–Crippen MR) is 66.9 cm³/mol. The molecule has 2 atom stereocenters. The van der Waals surface area contributed by atoms with Crippen LogP contribution in [0.25, 0.3) is 0 Å². The van der Waals surface area contributed by atoms with E-state index in [1.807, 2.05) is 18.2 Å². The molecule has 1 N–H and O–H groups in total. The summed E-state index contributed by atoms with van der Waals surface area (Å²) in [5.74, 6) is 0. The fourth-order valence-corrected chi connectivity index (χ4v) is 1.70. The lowest BCUT2D eigenvalue weighted by atomic mass is 10.0. The second-order valence-corrected chi connectivity index (χ2v) is 4.14. The van der Waals surface area contributed by atoms with Crippen LogP contribution in [0.4, 0.5) is 0 Å². The fraction of sp³-hybridized carbons (Fsp3) is 0.500. The third kappa shape index (κ3) is 4.04. The molecule has 1 aromatic carbocycles. The average Bonchev–Trinajstić information content (AvgIpc) is 2.35. The maximum absolute atomic E-state index is 8.68. The SMILES string of the molecule is CCC(C)NC(CCC#N)c1ccccc1. The quantitative estimate of drug-likeness (QED) is 0.791. The highest BCUT2D eigenvalue weighted by Gasteiger charge is 2.12. The summed E-state index contributed by atoms with van der Waals surface area (Å²) >= 11 is 0. The topological polar surface area (TPSA) is 35.8 Å². The van der Waals surface area contributed by atoms with Gasteiger partial charge in [0.25, 0.3) is 0 Å². The molecule has 16 heavy (non-hydrogen) atoms. The Morgan fingerprint density at radius 3 is 2.56 bits per heavy atom. The highest BCUT2D eigenvalue weighted by atomic mass is 14.9. The van der Waals surface area contributed by atoms with Crippen molar-refractivity contribution in [2.24, 2.45) is 0 Å². The van der Waals surface area contributed by atoms with Crippen LogP contribution in [0.3, 0.4) is 0 Å². The summed E-state index contributed by atoms with van der Waals surface area (Å²) in [4.78, 5) is 0. The Bertz CT molecular complexity index is 326. The molecule has 1 rings (SSSR count). The van der Waals surface area contributed by atoms with Crippen LogP contribution in [0.15, 0.2) is 30.3 Å². The van der Waals surface area contributed by atoms with E-state index in [1.54, 1.807) is 0 Å². The van der Waals surface area contributed by atoms with Gasteiger partial charge in [0.15, 0.2) is 0 Å². The molecule has 0 spiro atoms. The van der Waals surface area contributed by atoms with Gasteiger partial charge in [-0.1, -0.05) is 37.3 Å². The zero-order valence-corrected chi connectivity index (χ0v) is 10.1. The molecule has 2 nitrogen and oxygen atoms in total. The number of nitrogens with zero attached hydrogens (tertiary/aromatic N) is 1. The second-order valence-electron chi connectivity index (χ2n) is 4.14. The highest BCUT2D eigenvalue weighted by Crippen LogP contribution is 2.19. The molecule has 0 aliphatic heterocycles. The zero-order chi connectivity index (χ0) is 11.8. The number of benzene rings is 1. The molecular formula is C14H20N2. The van der Waals surface area contributed by atoms with Gasteiger partial charge in [-0.05, 0) is 25.3 Å². The van der Waals surface area contributed by atoms with Gasteiger partial charge in [-0.15, -0.1) is 0 Å². The number of nitriles is 1. The first-order chi connectivity index (χ1) is 7.77. The van der Waals surface area contributed by atoms with E-state index < -0.39 is 0 Å². The third-order valence-corrected chi connectivity index (χ3v) is 2.84. The van der Waals surface area contributed by atoms with Gasteiger partial charge in [0, 0.05) is 18.5 Å². The molecule has 0 bridgehead atoms. The van der Waals surface area contributed by atoms with Gasteiger partial charge >= 0.3 is 0 Å². The number of hydrogen-bond acceptors (Lipinski definition) is 2. The number of rotatable bonds is 6. The van der Waals surface area contributed by atoms with Crippen LogP contribution in [-0.2, 0) is 0 Å². The van der Waals surface area contributed by atoms with Crippen molar-refractivity contribution in [3.05, 3.63) is 35.9 Å². The van der Waals surface area contributed by atoms with E-state index in [9.17, 15) is 0 Å². The van der Waals surface area contributed by atoms with Crippen LogP contribution in [0, 0.1) is 11.3 Å². The third-order valence-electron chi connectivity index (χ3n) is 2.84. The van der Waals surface area contributed by atoms with Crippen molar-refractivity contribution < 1.29 is 0 Å². The summed E-state index contributed by atoms with van der Waals surface area (Å²) in [6, 6.07) is 13.4. The molecule has 2 heteroatoms. The maximum Gasteiger partial charge on any atom is 0.0622 e. The molecule has 0 aliphatic carbocycles. The van der Waals surface area contributed by atoms with Gasteiger partial charge in [-0.3, -0.25) is 0 Å². The minimum absolute atomic E-state index is 0.302. The predicted octanol–water partition coefficient (Wildman–Crippen LogP) is 3.42. The van der Waals surface area contributed by atoms with Gasteiger partial charge < -0.3 is 5.32 Å². The highest BCUT2D eigenvalue weighted by molar-refractivity contribution is 5.19. The Hall–Kier alpha value is -1.33. The summed E-state index contributed by atoms with van der Waals surface area (Å²) in [5.41, 5.74) is 1.28. The molecule has 0 aromatic heterocycles. The average molecular weight is 216 g/mol. The van der Waals surface area contributed by atoms with Crippen molar-refractivity contribution in [2.75, 3.05) is 0 Å². The Balaban J connectivity index is 2.68.